The molecule has 0 unspecified atom stereocenters. The van der Waals surface area contributed by atoms with E-state index in [4.69, 9.17) is 0 Å². The molecule has 1 fully saturated rings. The lowest BCUT2D eigenvalue weighted by Gasteiger charge is -2.35. The molecule has 1 saturated carbocycles. The Morgan fingerprint density at radius 2 is 1.75 bits per heavy atom. The Morgan fingerprint density at radius 3 is 2.33 bits per heavy atom. The molecule has 0 heterocycles. The van der Waals surface area contributed by atoms with Crippen molar-refractivity contribution in [3.8, 4) is 0 Å². The highest BCUT2D eigenvalue weighted by Crippen LogP contribution is 2.28. The zero-order valence-corrected chi connectivity index (χ0v) is 7.48. The topological polar surface area (TPSA) is 60.7 Å². The van der Waals surface area contributed by atoms with Crippen molar-refractivity contribution in [2.45, 2.75) is 50.9 Å². The van der Waals surface area contributed by atoms with Crippen LogP contribution in [0.3, 0.4) is 0 Å². The van der Waals surface area contributed by atoms with Gasteiger partial charge in [0.05, 0.1) is 12.2 Å². The highest BCUT2D eigenvalue weighted by molar-refractivity contribution is 4.86. The Hall–Kier alpha value is -0.120. The number of aliphatic hydroxyl groups excluding tert-OH is 3. The minimum atomic E-state index is -0.935. The first kappa shape index (κ1) is 9.96. The minimum absolute atomic E-state index is 0.174. The molecule has 3 N–H and O–H groups in total. The van der Waals surface area contributed by atoms with Crippen LogP contribution in [0.1, 0.15) is 32.6 Å². The Bertz CT molecular complexity index is 138. The smallest absolute Gasteiger partial charge is 0.106 e. The van der Waals surface area contributed by atoms with Crippen LogP contribution in [0.5, 0.6) is 0 Å². The number of hydrogen-bond acceptors (Lipinski definition) is 3. The van der Waals surface area contributed by atoms with Crippen LogP contribution in [-0.4, -0.2) is 33.6 Å². The molecule has 3 nitrogen and oxygen atoms in total. The average Bonchev–Trinajstić information content (AvgIpc) is 2.07. The molecule has 1 rings (SSSR count). The van der Waals surface area contributed by atoms with Crippen molar-refractivity contribution in [3.05, 3.63) is 0 Å². The van der Waals surface area contributed by atoms with Gasteiger partial charge in [0.2, 0.25) is 0 Å². The highest BCUT2D eigenvalue weighted by atomic mass is 16.4. The number of rotatable bonds is 2. The van der Waals surface area contributed by atoms with E-state index in [9.17, 15) is 15.3 Å². The standard InChI is InChI=1S/C9H18O3/c1-2-3-6-4-5-7(10)9(12)8(6)11/h6-12H,2-5H2,1H3/t6-,7+,8+,9+/m1/s1. The van der Waals surface area contributed by atoms with Crippen molar-refractivity contribution < 1.29 is 15.3 Å². The van der Waals surface area contributed by atoms with Crippen LogP contribution >= 0.6 is 0 Å². The maximum absolute atomic E-state index is 9.53. The van der Waals surface area contributed by atoms with Gasteiger partial charge in [-0.25, -0.2) is 0 Å². The fourth-order valence-corrected chi connectivity index (χ4v) is 1.92. The largest absolute Gasteiger partial charge is 0.390 e. The van der Waals surface area contributed by atoms with Gasteiger partial charge in [-0.05, 0) is 25.2 Å². The van der Waals surface area contributed by atoms with Crippen molar-refractivity contribution in [1.29, 1.82) is 0 Å². The summed E-state index contributed by atoms with van der Waals surface area (Å²) in [6.07, 6.45) is 1.00. The van der Waals surface area contributed by atoms with E-state index >= 15 is 0 Å². The molecule has 0 aromatic heterocycles. The molecule has 0 amide bonds. The van der Waals surface area contributed by atoms with Gasteiger partial charge in [0.15, 0.2) is 0 Å². The van der Waals surface area contributed by atoms with Crippen molar-refractivity contribution in [2.75, 3.05) is 0 Å². The van der Waals surface area contributed by atoms with Crippen LogP contribution in [0, 0.1) is 5.92 Å². The first-order chi connectivity index (χ1) is 5.66. The quantitative estimate of drug-likeness (QED) is 0.563. The summed E-state index contributed by atoms with van der Waals surface area (Å²) in [7, 11) is 0. The van der Waals surface area contributed by atoms with Gasteiger partial charge in [-0.2, -0.15) is 0 Å². The van der Waals surface area contributed by atoms with Crippen molar-refractivity contribution in [3.63, 3.8) is 0 Å². The highest BCUT2D eigenvalue weighted by Gasteiger charge is 2.35. The molecule has 72 valence electrons. The van der Waals surface area contributed by atoms with Crippen molar-refractivity contribution in [1.82, 2.24) is 0 Å². The second-order valence-electron chi connectivity index (χ2n) is 3.67. The molecular formula is C9H18O3. The van der Waals surface area contributed by atoms with E-state index in [1.54, 1.807) is 0 Å². The second-order valence-corrected chi connectivity index (χ2v) is 3.67. The van der Waals surface area contributed by atoms with Crippen LogP contribution in [0.4, 0.5) is 0 Å². The van der Waals surface area contributed by atoms with E-state index in [0.717, 1.165) is 19.3 Å². The summed E-state index contributed by atoms with van der Waals surface area (Å²) in [6.45, 7) is 2.06. The lowest BCUT2D eigenvalue weighted by atomic mass is 9.80. The summed E-state index contributed by atoms with van der Waals surface area (Å²) in [5.74, 6) is 0.174. The Morgan fingerprint density at radius 1 is 1.08 bits per heavy atom. The predicted octanol–water partition coefficient (Wildman–Crippen LogP) is 0.279. The van der Waals surface area contributed by atoms with Crippen LogP contribution in [0.15, 0.2) is 0 Å². The van der Waals surface area contributed by atoms with Gasteiger partial charge < -0.3 is 15.3 Å². The third kappa shape index (κ3) is 1.97. The number of hydrogen-bond donors (Lipinski definition) is 3. The molecule has 4 atom stereocenters. The fourth-order valence-electron chi connectivity index (χ4n) is 1.92. The molecule has 0 aromatic carbocycles. The molecule has 0 spiro atoms. The summed E-state index contributed by atoms with van der Waals surface area (Å²) < 4.78 is 0. The molecule has 0 aliphatic heterocycles. The summed E-state index contributed by atoms with van der Waals surface area (Å²) in [4.78, 5) is 0. The SMILES string of the molecule is CCC[C@@H]1CC[C@H](O)[C@H](O)[C@H]1O. The summed E-state index contributed by atoms with van der Waals surface area (Å²) >= 11 is 0. The Balaban J connectivity index is 2.46. The maximum atomic E-state index is 9.53. The molecule has 0 radical (unpaired) electrons. The van der Waals surface area contributed by atoms with Crippen molar-refractivity contribution >= 4 is 0 Å². The van der Waals surface area contributed by atoms with Gasteiger partial charge in [0, 0.05) is 0 Å². The van der Waals surface area contributed by atoms with E-state index in [1.807, 2.05) is 0 Å². The third-order valence-electron chi connectivity index (χ3n) is 2.72. The van der Waals surface area contributed by atoms with Gasteiger partial charge in [-0.1, -0.05) is 13.3 Å². The van der Waals surface area contributed by atoms with E-state index in [0.29, 0.717) is 6.42 Å². The van der Waals surface area contributed by atoms with Gasteiger partial charge >= 0.3 is 0 Å². The van der Waals surface area contributed by atoms with E-state index in [1.165, 1.54) is 0 Å². The van der Waals surface area contributed by atoms with E-state index in [2.05, 4.69) is 6.92 Å². The second kappa shape index (κ2) is 4.21. The normalized spacial score (nSPS) is 43.0. The fraction of sp³-hybridized carbons (Fsp3) is 1.00. The van der Waals surface area contributed by atoms with Crippen LogP contribution in [0.25, 0.3) is 0 Å². The number of aliphatic hydroxyl groups is 3. The third-order valence-corrected chi connectivity index (χ3v) is 2.72. The molecule has 0 bridgehead atoms. The molecular weight excluding hydrogens is 156 g/mol. The molecule has 12 heavy (non-hydrogen) atoms. The van der Waals surface area contributed by atoms with Gasteiger partial charge in [-0.3, -0.25) is 0 Å². The maximum Gasteiger partial charge on any atom is 0.106 e. The first-order valence-corrected chi connectivity index (χ1v) is 4.71. The molecule has 1 aliphatic rings. The van der Waals surface area contributed by atoms with Crippen LogP contribution < -0.4 is 0 Å². The lowest BCUT2D eigenvalue weighted by Crippen LogP contribution is -2.46. The van der Waals surface area contributed by atoms with Gasteiger partial charge in [0.25, 0.3) is 0 Å². The summed E-state index contributed by atoms with van der Waals surface area (Å²) in [5, 5.41) is 28.1. The average molecular weight is 174 g/mol. The zero-order chi connectivity index (χ0) is 9.14. The van der Waals surface area contributed by atoms with E-state index < -0.39 is 18.3 Å². The summed E-state index contributed by atoms with van der Waals surface area (Å²) in [6, 6.07) is 0. The summed E-state index contributed by atoms with van der Waals surface area (Å²) in [5.41, 5.74) is 0. The molecule has 3 heteroatoms. The lowest BCUT2D eigenvalue weighted by molar-refractivity contribution is -0.111. The molecule has 0 saturated heterocycles. The Kier molecular flexibility index (Phi) is 3.50. The monoisotopic (exact) mass is 174 g/mol. The van der Waals surface area contributed by atoms with Gasteiger partial charge in [-0.15, -0.1) is 0 Å². The van der Waals surface area contributed by atoms with Gasteiger partial charge in [0.1, 0.15) is 6.10 Å². The predicted molar refractivity (Wildman–Crippen MR) is 45.7 cm³/mol. The van der Waals surface area contributed by atoms with E-state index in [-0.39, 0.29) is 5.92 Å². The minimum Gasteiger partial charge on any atom is -0.390 e. The zero-order valence-electron chi connectivity index (χ0n) is 7.48. The Labute approximate surface area is 73.0 Å². The van der Waals surface area contributed by atoms with Crippen molar-refractivity contribution in [2.24, 2.45) is 5.92 Å². The molecule has 0 aromatic rings. The van der Waals surface area contributed by atoms with Crippen LogP contribution in [0.2, 0.25) is 0 Å². The van der Waals surface area contributed by atoms with Crippen LogP contribution in [-0.2, 0) is 0 Å². The molecule has 1 aliphatic carbocycles. The first-order valence-electron chi connectivity index (χ1n) is 4.71.